The van der Waals surface area contributed by atoms with Gasteiger partial charge in [-0.1, -0.05) is 0 Å². The van der Waals surface area contributed by atoms with Gasteiger partial charge in [0.2, 0.25) is 0 Å². The van der Waals surface area contributed by atoms with Crippen LogP contribution < -0.4 is 0 Å². The van der Waals surface area contributed by atoms with E-state index in [1.807, 2.05) is 18.4 Å². The third-order valence-corrected chi connectivity index (χ3v) is 3.96. The van der Waals surface area contributed by atoms with Crippen molar-refractivity contribution < 1.29 is 13.9 Å². The molecule has 0 aliphatic rings. The Morgan fingerprint density at radius 2 is 1.76 bits per heavy atom. The molecule has 1 nitrogen and oxygen atoms in total. The Morgan fingerprint density at radius 3 is 2.24 bits per heavy atom. The lowest BCUT2D eigenvalue weighted by Crippen LogP contribution is -2.22. The van der Waals surface area contributed by atoms with Crippen LogP contribution in [-0.4, -0.2) is 5.11 Å². The van der Waals surface area contributed by atoms with Crippen LogP contribution in [0.4, 0.5) is 8.78 Å². The number of thiophene rings is 1. The molecule has 0 amide bonds. The Labute approximate surface area is 102 Å². The van der Waals surface area contributed by atoms with Gasteiger partial charge in [0.25, 0.3) is 0 Å². The van der Waals surface area contributed by atoms with Crippen molar-refractivity contribution in [2.45, 2.75) is 19.4 Å². The van der Waals surface area contributed by atoms with Crippen molar-refractivity contribution >= 4 is 11.3 Å². The number of aliphatic hydroxyl groups is 1. The second-order valence-electron chi connectivity index (χ2n) is 4.16. The number of aryl methyl sites for hydroxylation is 1. The number of hydrogen-bond donors (Lipinski definition) is 1. The molecule has 0 bridgehead atoms. The van der Waals surface area contributed by atoms with Crippen molar-refractivity contribution in [3.63, 3.8) is 0 Å². The lowest BCUT2D eigenvalue weighted by molar-refractivity contribution is 0.105. The molecule has 1 N–H and O–H groups in total. The maximum Gasteiger partial charge on any atom is 0.126 e. The molecule has 17 heavy (non-hydrogen) atoms. The predicted molar refractivity (Wildman–Crippen MR) is 64.1 cm³/mol. The van der Waals surface area contributed by atoms with E-state index >= 15 is 0 Å². The van der Waals surface area contributed by atoms with Crippen molar-refractivity contribution in [2.24, 2.45) is 0 Å². The summed E-state index contributed by atoms with van der Waals surface area (Å²) in [7, 11) is 0. The van der Waals surface area contributed by atoms with Gasteiger partial charge in [-0.3, -0.25) is 0 Å². The summed E-state index contributed by atoms with van der Waals surface area (Å²) in [5.74, 6) is -1.37. The molecule has 0 aliphatic heterocycles. The molecule has 0 radical (unpaired) electrons. The van der Waals surface area contributed by atoms with Gasteiger partial charge in [0.05, 0.1) is 0 Å². The number of benzene rings is 1. The van der Waals surface area contributed by atoms with E-state index in [1.54, 1.807) is 6.92 Å². The highest BCUT2D eigenvalue weighted by Gasteiger charge is 2.29. The smallest absolute Gasteiger partial charge is 0.126 e. The Kier molecular flexibility index (Phi) is 3.02. The molecule has 0 fully saturated rings. The van der Waals surface area contributed by atoms with E-state index in [0.29, 0.717) is 4.88 Å². The van der Waals surface area contributed by atoms with Crippen molar-refractivity contribution in [3.8, 4) is 0 Å². The number of rotatable bonds is 2. The van der Waals surface area contributed by atoms with Crippen LogP contribution in [0.3, 0.4) is 0 Å². The van der Waals surface area contributed by atoms with Gasteiger partial charge in [-0.15, -0.1) is 11.3 Å². The van der Waals surface area contributed by atoms with Crippen LogP contribution in [-0.2, 0) is 5.60 Å². The average molecular weight is 254 g/mol. The topological polar surface area (TPSA) is 20.2 Å². The third-order valence-electron chi connectivity index (χ3n) is 2.73. The fourth-order valence-corrected chi connectivity index (χ4v) is 2.85. The third kappa shape index (κ3) is 2.23. The molecular formula is C13H12F2OS. The molecule has 0 saturated carbocycles. The van der Waals surface area contributed by atoms with Gasteiger partial charge in [0, 0.05) is 10.9 Å². The molecule has 1 unspecified atom stereocenters. The molecule has 1 atom stereocenters. The summed E-state index contributed by atoms with van der Waals surface area (Å²) >= 11 is 1.37. The maximum absolute atomic E-state index is 13.2. The maximum atomic E-state index is 13.2. The Hall–Kier alpha value is -1.26. The highest BCUT2D eigenvalue weighted by atomic mass is 32.1. The Balaban J connectivity index is 2.55. The largest absolute Gasteiger partial charge is 0.380 e. The number of hydrogen-bond acceptors (Lipinski definition) is 2. The SMILES string of the molecule is Cc1ccsc1C(C)(O)c1cc(F)cc(F)c1. The van der Waals surface area contributed by atoms with Gasteiger partial charge < -0.3 is 5.11 Å². The molecule has 2 rings (SSSR count). The molecule has 90 valence electrons. The molecule has 0 spiro atoms. The zero-order valence-corrected chi connectivity index (χ0v) is 10.3. The van der Waals surface area contributed by atoms with E-state index in [-0.39, 0.29) is 5.56 Å². The lowest BCUT2D eigenvalue weighted by Gasteiger charge is -2.23. The van der Waals surface area contributed by atoms with Gasteiger partial charge in [0.1, 0.15) is 17.2 Å². The fraction of sp³-hybridized carbons (Fsp3) is 0.231. The van der Waals surface area contributed by atoms with E-state index in [4.69, 9.17) is 0 Å². The lowest BCUT2D eigenvalue weighted by atomic mass is 9.92. The first-order valence-electron chi connectivity index (χ1n) is 5.15. The van der Waals surface area contributed by atoms with Crippen LogP contribution in [0.1, 0.15) is 22.9 Å². The van der Waals surface area contributed by atoms with Crippen LogP contribution in [0.25, 0.3) is 0 Å². The first-order chi connectivity index (χ1) is 7.91. The highest BCUT2D eigenvalue weighted by molar-refractivity contribution is 7.10. The fourth-order valence-electron chi connectivity index (χ4n) is 1.84. The van der Waals surface area contributed by atoms with Gasteiger partial charge in [0.15, 0.2) is 0 Å². The minimum atomic E-state index is -1.37. The highest BCUT2D eigenvalue weighted by Crippen LogP contribution is 2.35. The quantitative estimate of drug-likeness (QED) is 0.868. The van der Waals surface area contributed by atoms with E-state index in [1.165, 1.54) is 11.3 Å². The van der Waals surface area contributed by atoms with Gasteiger partial charge in [-0.25, -0.2) is 8.78 Å². The van der Waals surface area contributed by atoms with Crippen molar-refractivity contribution in [1.29, 1.82) is 0 Å². The minimum absolute atomic E-state index is 0.223. The molecule has 1 aromatic carbocycles. The molecule has 1 aromatic heterocycles. The first-order valence-corrected chi connectivity index (χ1v) is 6.03. The van der Waals surface area contributed by atoms with E-state index < -0.39 is 17.2 Å². The summed E-state index contributed by atoms with van der Waals surface area (Å²) in [6, 6.07) is 4.97. The van der Waals surface area contributed by atoms with Crippen LogP contribution in [0.2, 0.25) is 0 Å². The molecule has 0 aliphatic carbocycles. The second kappa shape index (κ2) is 4.20. The van der Waals surface area contributed by atoms with Crippen LogP contribution in [0.15, 0.2) is 29.6 Å². The molecule has 2 aromatic rings. The minimum Gasteiger partial charge on any atom is -0.380 e. The summed E-state index contributed by atoms with van der Waals surface area (Å²) in [6.07, 6.45) is 0. The monoisotopic (exact) mass is 254 g/mol. The van der Waals surface area contributed by atoms with E-state index in [0.717, 1.165) is 23.8 Å². The van der Waals surface area contributed by atoms with Gasteiger partial charge >= 0.3 is 0 Å². The summed E-state index contributed by atoms with van der Waals surface area (Å²) in [6.45, 7) is 3.40. The average Bonchev–Trinajstić information content (AvgIpc) is 2.63. The number of halogens is 2. The standard InChI is InChI=1S/C13H12F2OS/c1-8-3-4-17-12(8)13(2,16)9-5-10(14)7-11(15)6-9/h3-7,16H,1-2H3. The summed E-state index contributed by atoms with van der Waals surface area (Å²) in [5, 5.41) is 12.3. The molecule has 1 heterocycles. The van der Waals surface area contributed by atoms with Gasteiger partial charge in [-0.05, 0) is 48.6 Å². The van der Waals surface area contributed by atoms with Crippen LogP contribution in [0, 0.1) is 18.6 Å². The Bertz CT molecular complexity index is 526. The van der Waals surface area contributed by atoms with Gasteiger partial charge in [-0.2, -0.15) is 0 Å². The summed E-state index contributed by atoms with van der Waals surface area (Å²) in [5.41, 5.74) is -0.244. The Morgan fingerprint density at radius 1 is 1.18 bits per heavy atom. The predicted octanol–water partition coefficient (Wildman–Crippen LogP) is 3.59. The second-order valence-corrected chi connectivity index (χ2v) is 5.08. The van der Waals surface area contributed by atoms with Crippen LogP contribution >= 0.6 is 11.3 Å². The van der Waals surface area contributed by atoms with Crippen molar-refractivity contribution in [1.82, 2.24) is 0 Å². The van der Waals surface area contributed by atoms with E-state index in [9.17, 15) is 13.9 Å². The molecule has 0 saturated heterocycles. The molecular weight excluding hydrogens is 242 g/mol. The summed E-state index contributed by atoms with van der Waals surface area (Å²) in [4.78, 5) is 0.697. The van der Waals surface area contributed by atoms with Crippen molar-refractivity contribution in [3.05, 3.63) is 57.3 Å². The first kappa shape index (κ1) is 12.2. The van der Waals surface area contributed by atoms with Crippen LogP contribution in [0.5, 0.6) is 0 Å². The zero-order valence-electron chi connectivity index (χ0n) is 9.50. The zero-order chi connectivity index (χ0) is 12.6. The van der Waals surface area contributed by atoms with E-state index in [2.05, 4.69) is 0 Å². The van der Waals surface area contributed by atoms with Crippen molar-refractivity contribution in [2.75, 3.05) is 0 Å². The summed E-state index contributed by atoms with van der Waals surface area (Å²) < 4.78 is 26.3. The molecule has 4 heteroatoms. The normalized spacial score (nSPS) is 14.6.